The number of rotatable bonds is 4. The predicted molar refractivity (Wildman–Crippen MR) is 213 cm³/mol. The molecule has 50 heavy (non-hydrogen) atoms. The van der Waals surface area contributed by atoms with E-state index in [1.54, 1.807) is 0 Å². The summed E-state index contributed by atoms with van der Waals surface area (Å²) in [5, 5.41) is 9.75. The Kier molecular flexibility index (Phi) is 6.47. The Bertz CT molecular complexity index is 2870. The van der Waals surface area contributed by atoms with Gasteiger partial charge < -0.3 is 4.42 Å². The molecule has 0 aliphatic rings. The van der Waals surface area contributed by atoms with Gasteiger partial charge in [0.05, 0.1) is 0 Å². The number of para-hydroxylation sites is 1. The van der Waals surface area contributed by atoms with Crippen molar-refractivity contribution in [2.45, 2.75) is 6.92 Å². The molecule has 234 valence electrons. The summed E-state index contributed by atoms with van der Waals surface area (Å²) in [5.41, 5.74) is 12.7. The molecule has 0 bridgehead atoms. The average Bonchev–Trinajstić information content (AvgIpc) is 3.56. The highest BCUT2D eigenvalue weighted by molar-refractivity contribution is 6.26. The smallest absolute Gasteiger partial charge is 0.143 e. The van der Waals surface area contributed by atoms with Crippen LogP contribution in [0.15, 0.2) is 180 Å². The summed E-state index contributed by atoms with van der Waals surface area (Å²) in [5.74, 6) is 0. The molecule has 0 aliphatic carbocycles. The van der Waals surface area contributed by atoms with Crippen LogP contribution in [-0.4, -0.2) is 0 Å². The summed E-state index contributed by atoms with van der Waals surface area (Å²) in [6.07, 6.45) is 0. The highest BCUT2D eigenvalue weighted by atomic mass is 16.3. The number of furan rings is 1. The van der Waals surface area contributed by atoms with Crippen LogP contribution in [0.1, 0.15) is 5.56 Å². The number of hydrogen-bond acceptors (Lipinski definition) is 1. The van der Waals surface area contributed by atoms with Crippen LogP contribution in [0.2, 0.25) is 0 Å². The zero-order valence-corrected chi connectivity index (χ0v) is 27.7. The second-order valence-electron chi connectivity index (χ2n) is 13.3. The fourth-order valence-corrected chi connectivity index (χ4v) is 8.02. The van der Waals surface area contributed by atoms with Gasteiger partial charge in [0.25, 0.3) is 0 Å². The van der Waals surface area contributed by atoms with Gasteiger partial charge in [-0.2, -0.15) is 0 Å². The molecule has 10 aromatic rings. The zero-order chi connectivity index (χ0) is 33.2. The van der Waals surface area contributed by atoms with Crippen molar-refractivity contribution in [2.24, 2.45) is 0 Å². The minimum atomic E-state index is 0.902. The molecular weight excluding hydrogens is 605 g/mol. The van der Waals surface area contributed by atoms with E-state index in [4.69, 9.17) is 4.42 Å². The molecule has 10 rings (SSSR count). The lowest BCUT2D eigenvalue weighted by Crippen LogP contribution is -1.91. The maximum Gasteiger partial charge on any atom is 0.143 e. The molecule has 1 heteroatoms. The molecular formula is C49H32O. The van der Waals surface area contributed by atoms with Gasteiger partial charge in [0.2, 0.25) is 0 Å². The fraction of sp³-hybridized carbons (Fsp3) is 0.0204. The van der Waals surface area contributed by atoms with Crippen LogP contribution in [0.3, 0.4) is 0 Å². The minimum Gasteiger partial charge on any atom is -0.455 e. The van der Waals surface area contributed by atoms with Gasteiger partial charge in [-0.1, -0.05) is 169 Å². The summed E-state index contributed by atoms with van der Waals surface area (Å²) in [7, 11) is 0. The van der Waals surface area contributed by atoms with Gasteiger partial charge in [0.15, 0.2) is 0 Å². The molecule has 0 saturated heterocycles. The summed E-state index contributed by atoms with van der Waals surface area (Å²) >= 11 is 0. The van der Waals surface area contributed by atoms with Crippen LogP contribution in [0.4, 0.5) is 0 Å². The van der Waals surface area contributed by atoms with E-state index in [0.717, 1.165) is 27.5 Å². The van der Waals surface area contributed by atoms with Gasteiger partial charge in [0, 0.05) is 16.3 Å². The lowest BCUT2D eigenvalue weighted by molar-refractivity contribution is 0.670. The summed E-state index contributed by atoms with van der Waals surface area (Å²) in [4.78, 5) is 0. The van der Waals surface area contributed by atoms with Crippen LogP contribution in [-0.2, 0) is 0 Å². The highest BCUT2D eigenvalue weighted by Gasteiger charge is 2.21. The maximum absolute atomic E-state index is 6.73. The average molecular weight is 637 g/mol. The van der Waals surface area contributed by atoms with Crippen LogP contribution in [0, 0.1) is 6.92 Å². The van der Waals surface area contributed by atoms with Gasteiger partial charge in [-0.25, -0.2) is 0 Å². The van der Waals surface area contributed by atoms with Crippen molar-refractivity contribution in [1.82, 2.24) is 0 Å². The lowest BCUT2D eigenvalue weighted by Gasteiger charge is -2.18. The Morgan fingerprint density at radius 1 is 0.360 bits per heavy atom. The first-order chi connectivity index (χ1) is 24.7. The molecule has 0 atom stereocenters. The number of hydrogen-bond donors (Lipinski definition) is 0. The largest absolute Gasteiger partial charge is 0.455 e. The van der Waals surface area contributed by atoms with Crippen molar-refractivity contribution >= 4 is 54.3 Å². The molecule has 1 nitrogen and oxygen atoms in total. The molecule has 0 saturated carbocycles. The summed E-state index contributed by atoms with van der Waals surface area (Å²) < 4.78 is 6.73. The van der Waals surface area contributed by atoms with Crippen molar-refractivity contribution in [3.8, 4) is 44.5 Å². The van der Waals surface area contributed by atoms with Crippen LogP contribution in [0.5, 0.6) is 0 Å². The quantitative estimate of drug-likeness (QED) is 0.175. The van der Waals surface area contributed by atoms with Gasteiger partial charge in [-0.05, 0) is 90.3 Å². The standard InChI is InChI=1S/C49H32O/c1-31-11-8-14-37(29-31)38-19-9-21-44-48-43(20-10-22-45(48)50-49(38)44)47-41-17-6-4-15-39(41)46(40-16-5-7-18-42(40)47)34-26-23-33(24-27-34)36-28-25-32-12-2-3-13-35(32)30-36/h2-30H,1H3. The van der Waals surface area contributed by atoms with E-state index in [-0.39, 0.29) is 0 Å². The third kappa shape index (κ3) is 4.48. The molecule has 0 aliphatic heterocycles. The van der Waals surface area contributed by atoms with Crippen molar-refractivity contribution in [2.75, 3.05) is 0 Å². The van der Waals surface area contributed by atoms with Gasteiger partial charge in [-0.15, -0.1) is 0 Å². The van der Waals surface area contributed by atoms with Gasteiger partial charge in [0.1, 0.15) is 11.2 Å². The molecule has 0 N–H and O–H groups in total. The van der Waals surface area contributed by atoms with Crippen LogP contribution >= 0.6 is 0 Å². The predicted octanol–water partition coefficient (Wildman–Crippen LogP) is 14.0. The normalized spacial score (nSPS) is 11.7. The molecule has 0 unspecified atom stereocenters. The fourth-order valence-electron chi connectivity index (χ4n) is 8.02. The number of benzene rings is 9. The molecule has 9 aromatic carbocycles. The first-order valence-electron chi connectivity index (χ1n) is 17.3. The van der Waals surface area contributed by atoms with E-state index in [1.807, 2.05) is 0 Å². The van der Waals surface area contributed by atoms with E-state index >= 15 is 0 Å². The van der Waals surface area contributed by atoms with Crippen LogP contribution < -0.4 is 0 Å². The molecule has 0 radical (unpaired) electrons. The van der Waals surface area contributed by atoms with Gasteiger partial charge in [-0.3, -0.25) is 0 Å². The van der Waals surface area contributed by atoms with Gasteiger partial charge >= 0.3 is 0 Å². The second kappa shape index (κ2) is 11.3. The van der Waals surface area contributed by atoms with E-state index in [1.165, 1.54) is 76.8 Å². The molecule has 0 spiro atoms. The first kappa shape index (κ1) is 28.6. The van der Waals surface area contributed by atoms with Crippen molar-refractivity contribution in [3.63, 3.8) is 0 Å². The molecule has 0 fully saturated rings. The third-order valence-electron chi connectivity index (χ3n) is 10.3. The SMILES string of the molecule is Cc1cccc(-c2cccc3c2oc2cccc(-c4c5ccccc5c(-c5ccc(-c6ccc7ccccc7c6)cc5)c5ccccc45)c23)c1. The molecule has 1 aromatic heterocycles. The molecule has 1 heterocycles. The van der Waals surface area contributed by atoms with E-state index in [9.17, 15) is 0 Å². The summed E-state index contributed by atoms with van der Waals surface area (Å²) in [6, 6.07) is 63.9. The Morgan fingerprint density at radius 2 is 0.940 bits per heavy atom. The highest BCUT2D eigenvalue weighted by Crippen LogP contribution is 2.48. The number of fused-ring (bicyclic) bond motifs is 6. The zero-order valence-electron chi connectivity index (χ0n) is 27.7. The van der Waals surface area contributed by atoms with E-state index < -0.39 is 0 Å². The van der Waals surface area contributed by atoms with Crippen molar-refractivity contribution in [1.29, 1.82) is 0 Å². The minimum absolute atomic E-state index is 0.902. The van der Waals surface area contributed by atoms with Crippen molar-refractivity contribution in [3.05, 3.63) is 181 Å². The Labute approximate surface area is 290 Å². The Balaban J connectivity index is 1.20. The first-order valence-corrected chi connectivity index (χ1v) is 17.3. The van der Waals surface area contributed by atoms with E-state index in [2.05, 4.69) is 183 Å². The third-order valence-corrected chi connectivity index (χ3v) is 10.3. The number of aryl methyl sites for hydroxylation is 1. The maximum atomic E-state index is 6.73. The lowest BCUT2D eigenvalue weighted by atomic mass is 9.84. The van der Waals surface area contributed by atoms with Crippen LogP contribution in [0.25, 0.3) is 98.8 Å². The topological polar surface area (TPSA) is 13.1 Å². The van der Waals surface area contributed by atoms with E-state index in [0.29, 0.717) is 0 Å². The Morgan fingerprint density at radius 3 is 1.68 bits per heavy atom. The van der Waals surface area contributed by atoms with Crippen molar-refractivity contribution < 1.29 is 4.42 Å². The molecule has 0 amide bonds. The summed E-state index contributed by atoms with van der Waals surface area (Å²) in [6.45, 7) is 2.14. The Hall–Kier alpha value is -6.44. The second-order valence-corrected chi connectivity index (χ2v) is 13.3. The monoisotopic (exact) mass is 636 g/mol.